The van der Waals surface area contributed by atoms with Crippen molar-refractivity contribution in [1.29, 1.82) is 0 Å². The van der Waals surface area contributed by atoms with Crippen molar-refractivity contribution in [3.8, 4) is 5.75 Å². The molecular weight excluding hydrogens is 391 g/mol. The van der Waals surface area contributed by atoms with E-state index in [9.17, 15) is 4.79 Å². The highest BCUT2D eigenvalue weighted by Gasteiger charge is 2.52. The monoisotopic (exact) mass is 422 g/mol. The second kappa shape index (κ2) is 8.85. The van der Waals surface area contributed by atoms with E-state index in [2.05, 4.69) is 4.98 Å². The van der Waals surface area contributed by atoms with Gasteiger partial charge in [-0.15, -0.1) is 0 Å². The lowest BCUT2D eigenvalue weighted by Crippen LogP contribution is -2.41. The molecule has 0 N–H and O–H groups in total. The van der Waals surface area contributed by atoms with Crippen LogP contribution in [-0.4, -0.2) is 35.0 Å². The zero-order chi connectivity index (χ0) is 22.8. The molecule has 164 valence electrons. The van der Waals surface area contributed by atoms with Gasteiger partial charge in [-0.05, 0) is 57.3 Å². The largest absolute Gasteiger partial charge is 0.498 e. The molecule has 0 aliphatic carbocycles. The summed E-state index contributed by atoms with van der Waals surface area (Å²) >= 11 is 0. The highest BCUT2D eigenvalue weighted by Crippen LogP contribution is 2.37. The topological polar surface area (TPSA) is 62.6 Å². The first kappa shape index (κ1) is 23.0. The lowest BCUT2D eigenvalue weighted by atomic mass is 9.77. The van der Waals surface area contributed by atoms with Crippen LogP contribution in [0.5, 0.6) is 5.75 Å². The van der Waals surface area contributed by atoms with Gasteiger partial charge in [0.1, 0.15) is 5.75 Å². The third-order valence-corrected chi connectivity index (χ3v) is 5.89. The molecule has 3 heterocycles. The lowest BCUT2D eigenvalue weighted by molar-refractivity contribution is 0.00578. The van der Waals surface area contributed by atoms with Crippen LogP contribution in [0, 0.1) is 0 Å². The minimum Gasteiger partial charge on any atom is -0.497 e. The van der Waals surface area contributed by atoms with Crippen LogP contribution in [0.3, 0.4) is 0 Å². The van der Waals surface area contributed by atoms with Crippen LogP contribution in [0.4, 0.5) is 0 Å². The zero-order valence-corrected chi connectivity index (χ0v) is 19.4. The van der Waals surface area contributed by atoms with Crippen LogP contribution in [0.2, 0.25) is 0 Å². The number of pyridine rings is 2. The van der Waals surface area contributed by atoms with Crippen LogP contribution in [0.25, 0.3) is 10.9 Å². The Hall–Kier alpha value is -2.64. The molecule has 2 aromatic heterocycles. The Kier molecular flexibility index (Phi) is 6.58. The maximum atomic E-state index is 12.6. The molecule has 0 saturated carbocycles. The van der Waals surface area contributed by atoms with Crippen molar-refractivity contribution >= 4 is 23.5 Å². The molecule has 1 aliphatic rings. The number of hydrogen-bond donors (Lipinski definition) is 0. The van der Waals surface area contributed by atoms with Crippen molar-refractivity contribution in [2.45, 2.75) is 59.3 Å². The summed E-state index contributed by atoms with van der Waals surface area (Å²) in [7, 11) is 1.07. The van der Waals surface area contributed by atoms with E-state index in [1.807, 2.05) is 77.9 Å². The molecule has 3 aromatic rings. The molecule has 0 unspecified atom stereocenters. The Balaban J connectivity index is 0.00000132. The Bertz CT molecular complexity index is 1090. The van der Waals surface area contributed by atoms with Crippen LogP contribution in [0.1, 0.15) is 47.2 Å². The van der Waals surface area contributed by atoms with Crippen molar-refractivity contribution in [3.05, 3.63) is 64.7 Å². The minimum absolute atomic E-state index is 0.0893. The first-order valence-electron chi connectivity index (χ1n) is 10.7. The predicted molar refractivity (Wildman–Crippen MR) is 125 cm³/mol. The highest BCUT2D eigenvalue weighted by atomic mass is 16.7. The molecule has 0 radical (unpaired) electrons. The van der Waals surface area contributed by atoms with Gasteiger partial charge >= 0.3 is 7.12 Å². The predicted octanol–water partition coefficient (Wildman–Crippen LogP) is 3.78. The number of methoxy groups -OCH3 is 1. The molecule has 1 fully saturated rings. The van der Waals surface area contributed by atoms with E-state index in [0.717, 1.165) is 22.1 Å². The third kappa shape index (κ3) is 4.38. The smallest absolute Gasteiger partial charge is 0.497 e. The highest BCUT2D eigenvalue weighted by molar-refractivity contribution is 6.63. The fraction of sp³-hybridized carbons (Fsp3) is 0.417. The molecule has 0 amide bonds. The van der Waals surface area contributed by atoms with Gasteiger partial charge in [0.15, 0.2) is 0 Å². The Morgan fingerprint density at radius 1 is 1.03 bits per heavy atom. The van der Waals surface area contributed by atoms with Gasteiger partial charge in [0.2, 0.25) is 0 Å². The van der Waals surface area contributed by atoms with Gasteiger partial charge in [-0.1, -0.05) is 19.9 Å². The van der Waals surface area contributed by atoms with Gasteiger partial charge < -0.3 is 18.6 Å². The van der Waals surface area contributed by atoms with E-state index in [4.69, 9.17) is 14.0 Å². The summed E-state index contributed by atoms with van der Waals surface area (Å²) in [6.45, 7) is 12.5. The molecular formula is C24H31BN2O4. The second-order valence-corrected chi connectivity index (χ2v) is 8.32. The number of fused-ring (bicyclic) bond motifs is 1. The molecule has 1 aromatic carbocycles. The molecule has 0 spiro atoms. The average Bonchev–Trinajstić information content (AvgIpc) is 2.98. The standard InChI is InChI=1S/C22H25BN2O4.C2H6/c1-21(2)22(3,4)29-23(28-21)17-12-15-9-10-20(26)25(18(15)13-19(17)27-5)14-16-8-6-7-11-24-16;1-2/h6-13H,14H2,1-5H3;1-2H3. The van der Waals surface area contributed by atoms with Crippen LogP contribution >= 0.6 is 0 Å². The van der Waals surface area contributed by atoms with Crippen molar-refractivity contribution in [2.24, 2.45) is 0 Å². The molecule has 1 aliphatic heterocycles. The summed E-state index contributed by atoms with van der Waals surface area (Å²) in [4.78, 5) is 16.9. The van der Waals surface area contributed by atoms with Gasteiger partial charge in [0, 0.05) is 23.8 Å². The van der Waals surface area contributed by atoms with E-state index in [0.29, 0.717) is 12.3 Å². The quantitative estimate of drug-likeness (QED) is 0.599. The van der Waals surface area contributed by atoms with Crippen LogP contribution in [-0.2, 0) is 15.9 Å². The summed E-state index contributed by atoms with van der Waals surface area (Å²) in [6.07, 6.45) is 1.72. The summed E-state index contributed by atoms with van der Waals surface area (Å²) < 4.78 is 19.8. The van der Waals surface area contributed by atoms with Crippen molar-refractivity contribution in [2.75, 3.05) is 7.11 Å². The Morgan fingerprint density at radius 2 is 1.71 bits per heavy atom. The van der Waals surface area contributed by atoms with Gasteiger partial charge in [-0.3, -0.25) is 9.78 Å². The Morgan fingerprint density at radius 3 is 2.29 bits per heavy atom. The van der Waals surface area contributed by atoms with E-state index >= 15 is 0 Å². The first-order valence-corrected chi connectivity index (χ1v) is 10.7. The number of nitrogens with zero attached hydrogens (tertiary/aromatic N) is 2. The third-order valence-electron chi connectivity index (χ3n) is 5.89. The number of aromatic nitrogens is 2. The minimum atomic E-state index is -0.546. The van der Waals surface area contributed by atoms with Crippen LogP contribution in [0.15, 0.2) is 53.5 Å². The van der Waals surface area contributed by atoms with E-state index < -0.39 is 18.3 Å². The van der Waals surface area contributed by atoms with Gasteiger partial charge in [-0.2, -0.15) is 0 Å². The van der Waals surface area contributed by atoms with Crippen molar-refractivity contribution in [3.63, 3.8) is 0 Å². The van der Waals surface area contributed by atoms with E-state index in [1.165, 1.54) is 0 Å². The molecule has 7 heteroatoms. The van der Waals surface area contributed by atoms with Gasteiger partial charge in [0.25, 0.3) is 5.56 Å². The van der Waals surface area contributed by atoms with Crippen LogP contribution < -0.4 is 15.8 Å². The molecule has 6 nitrogen and oxygen atoms in total. The normalized spacial score (nSPS) is 16.7. The second-order valence-electron chi connectivity index (χ2n) is 8.32. The molecule has 0 bridgehead atoms. The molecule has 1 saturated heterocycles. The number of benzene rings is 1. The summed E-state index contributed by atoms with van der Waals surface area (Å²) in [5, 5.41) is 0.908. The van der Waals surface area contributed by atoms with E-state index in [-0.39, 0.29) is 5.56 Å². The fourth-order valence-electron chi connectivity index (χ4n) is 3.49. The van der Waals surface area contributed by atoms with Gasteiger partial charge in [0.05, 0.1) is 36.1 Å². The van der Waals surface area contributed by atoms with Gasteiger partial charge in [-0.25, -0.2) is 0 Å². The number of hydrogen-bond acceptors (Lipinski definition) is 5. The zero-order valence-electron chi connectivity index (χ0n) is 19.4. The molecule has 0 atom stereocenters. The summed E-state index contributed by atoms with van der Waals surface area (Å²) in [5.74, 6) is 0.622. The number of rotatable bonds is 4. The average molecular weight is 422 g/mol. The SMILES string of the molecule is CC.COc1cc2c(ccc(=O)n2Cc2ccccn2)cc1B1OC(C)(C)C(C)(C)O1. The summed E-state index contributed by atoms with van der Waals surface area (Å²) in [5.41, 5.74) is 1.41. The van der Waals surface area contributed by atoms with Crippen molar-refractivity contribution in [1.82, 2.24) is 9.55 Å². The molecule has 4 rings (SSSR count). The number of ether oxygens (including phenoxy) is 1. The van der Waals surface area contributed by atoms with Crippen molar-refractivity contribution < 1.29 is 14.0 Å². The maximum absolute atomic E-state index is 12.6. The first-order chi connectivity index (χ1) is 14.7. The fourth-order valence-corrected chi connectivity index (χ4v) is 3.49. The lowest BCUT2D eigenvalue weighted by Gasteiger charge is -2.32. The maximum Gasteiger partial charge on any atom is 0.498 e. The summed E-state index contributed by atoms with van der Waals surface area (Å²) in [6, 6.07) is 12.9. The molecule has 31 heavy (non-hydrogen) atoms. The van der Waals surface area contributed by atoms with E-state index in [1.54, 1.807) is 23.9 Å². The Labute approximate surface area is 184 Å².